The first kappa shape index (κ1) is 13.6. The summed E-state index contributed by atoms with van der Waals surface area (Å²) in [6, 6.07) is 5.34. The fraction of sp³-hybridized carbons (Fsp3) is 0.333. The maximum absolute atomic E-state index is 11.3. The molecule has 17 heavy (non-hydrogen) atoms. The van der Waals surface area contributed by atoms with Crippen molar-refractivity contribution in [1.29, 1.82) is 0 Å². The number of amides is 1. The van der Waals surface area contributed by atoms with Crippen LogP contribution in [0.15, 0.2) is 24.4 Å². The van der Waals surface area contributed by atoms with E-state index in [-0.39, 0.29) is 6.54 Å². The Morgan fingerprint density at radius 1 is 1.41 bits per heavy atom. The molecule has 0 aliphatic rings. The molecule has 0 radical (unpaired) electrons. The van der Waals surface area contributed by atoms with Gasteiger partial charge in [-0.2, -0.15) is 0 Å². The number of nitrogens with zero attached hydrogens (tertiary/aromatic N) is 1. The lowest BCUT2D eigenvalue weighted by Crippen LogP contribution is -2.36. The van der Waals surface area contributed by atoms with Crippen molar-refractivity contribution in [2.45, 2.75) is 6.42 Å². The van der Waals surface area contributed by atoms with E-state index in [0.717, 1.165) is 5.69 Å². The number of aromatic nitrogens is 1. The number of hydrogen-bond acceptors (Lipinski definition) is 5. The quantitative estimate of drug-likeness (QED) is 0.451. The Balaban J connectivity index is 2.38. The Morgan fingerprint density at radius 2 is 2.18 bits per heavy atom. The average molecular weight is 259 g/mol. The molecule has 0 unspecified atom stereocenters. The minimum atomic E-state index is -3.71. The number of carbonyl (C=O) groups excluding carboxylic acids is 1. The average Bonchev–Trinajstić information content (AvgIpc) is 2.29. The zero-order valence-corrected chi connectivity index (χ0v) is 9.77. The van der Waals surface area contributed by atoms with E-state index in [4.69, 9.17) is 5.21 Å². The Labute approximate surface area is 98.9 Å². The van der Waals surface area contributed by atoms with Crippen molar-refractivity contribution in [3.05, 3.63) is 30.1 Å². The van der Waals surface area contributed by atoms with Gasteiger partial charge in [0.1, 0.15) is 5.75 Å². The van der Waals surface area contributed by atoms with Crippen molar-refractivity contribution in [1.82, 2.24) is 15.2 Å². The number of hydroxylamine groups is 1. The molecule has 1 amide bonds. The van der Waals surface area contributed by atoms with Crippen LogP contribution in [0.1, 0.15) is 5.69 Å². The summed E-state index contributed by atoms with van der Waals surface area (Å²) in [7, 11) is -3.71. The number of hydrogen-bond donors (Lipinski definition) is 3. The van der Waals surface area contributed by atoms with Gasteiger partial charge in [0.05, 0.1) is 0 Å². The molecule has 0 aliphatic heterocycles. The summed E-state index contributed by atoms with van der Waals surface area (Å²) >= 11 is 0. The zero-order valence-electron chi connectivity index (χ0n) is 8.96. The monoisotopic (exact) mass is 259 g/mol. The van der Waals surface area contributed by atoms with Gasteiger partial charge >= 0.3 is 0 Å². The fourth-order valence-electron chi connectivity index (χ4n) is 1.14. The van der Waals surface area contributed by atoms with E-state index in [2.05, 4.69) is 9.71 Å². The fourth-order valence-corrected chi connectivity index (χ4v) is 2.06. The highest BCUT2D eigenvalue weighted by atomic mass is 32.2. The molecule has 0 aromatic carbocycles. The minimum Gasteiger partial charge on any atom is -0.289 e. The highest BCUT2D eigenvalue weighted by Gasteiger charge is 2.14. The zero-order chi connectivity index (χ0) is 12.7. The first-order valence-electron chi connectivity index (χ1n) is 4.84. The molecule has 3 N–H and O–H groups in total. The van der Waals surface area contributed by atoms with Crippen LogP contribution in [0.25, 0.3) is 0 Å². The molecule has 0 aliphatic carbocycles. The molecule has 1 heterocycles. The van der Waals surface area contributed by atoms with Crippen LogP contribution in [-0.4, -0.2) is 36.8 Å². The van der Waals surface area contributed by atoms with E-state index < -0.39 is 21.7 Å². The van der Waals surface area contributed by atoms with Crippen molar-refractivity contribution in [2.75, 3.05) is 12.3 Å². The normalized spacial score (nSPS) is 11.1. The molecule has 7 nitrogen and oxygen atoms in total. The third-order valence-corrected chi connectivity index (χ3v) is 3.16. The van der Waals surface area contributed by atoms with Gasteiger partial charge in [-0.25, -0.2) is 18.6 Å². The van der Waals surface area contributed by atoms with Gasteiger partial charge < -0.3 is 0 Å². The first-order chi connectivity index (χ1) is 8.03. The highest BCUT2D eigenvalue weighted by Crippen LogP contribution is 1.94. The van der Waals surface area contributed by atoms with Crippen LogP contribution >= 0.6 is 0 Å². The van der Waals surface area contributed by atoms with Crippen LogP contribution in [0.2, 0.25) is 0 Å². The molecule has 8 heteroatoms. The second-order valence-electron chi connectivity index (χ2n) is 3.26. The van der Waals surface area contributed by atoms with Gasteiger partial charge in [-0.15, -0.1) is 0 Å². The van der Waals surface area contributed by atoms with Crippen LogP contribution in [0.3, 0.4) is 0 Å². The molecular weight excluding hydrogens is 246 g/mol. The summed E-state index contributed by atoms with van der Waals surface area (Å²) in [4.78, 5) is 14.7. The molecule has 0 saturated carbocycles. The second kappa shape index (κ2) is 6.28. The molecule has 94 valence electrons. The molecule has 1 aromatic rings. The molecule has 0 atom stereocenters. The SMILES string of the molecule is O=C(CS(=O)(=O)NCCc1ccccn1)NO. The van der Waals surface area contributed by atoms with Crippen LogP contribution in [0, 0.1) is 0 Å². The standard InChI is InChI=1S/C9H13N3O4S/c13-9(12-14)7-17(15,16)11-6-4-8-3-1-2-5-10-8/h1-3,5,11,14H,4,6-7H2,(H,12,13). The predicted molar refractivity (Wildman–Crippen MR) is 59.7 cm³/mol. The van der Waals surface area contributed by atoms with Gasteiger partial charge in [0.25, 0.3) is 5.91 Å². The van der Waals surface area contributed by atoms with Crippen LogP contribution in [-0.2, 0) is 21.2 Å². The van der Waals surface area contributed by atoms with E-state index in [1.807, 2.05) is 0 Å². The van der Waals surface area contributed by atoms with Crippen molar-refractivity contribution in [3.8, 4) is 0 Å². The molecular formula is C9H13N3O4S. The lowest BCUT2D eigenvalue weighted by Gasteiger charge is -2.05. The van der Waals surface area contributed by atoms with Crippen LogP contribution in [0.5, 0.6) is 0 Å². The van der Waals surface area contributed by atoms with E-state index in [1.165, 1.54) is 5.48 Å². The minimum absolute atomic E-state index is 0.151. The van der Waals surface area contributed by atoms with Gasteiger partial charge in [0.2, 0.25) is 10.0 Å². The molecule has 1 rings (SSSR count). The van der Waals surface area contributed by atoms with Gasteiger partial charge in [-0.1, -0.05) is 6.07 Å². The number of pyridine rings is 1. The molecule has 0 bridgehead atoms. The largest absolute Gasteiger partial charge is 0.289 e. The van der Waals surface area contributed by atoms with E-state index in [0.29, 0.717) is 6.42 Å². The van der Waals surface area contributed by atoms with E-state index in [9.17, 15) is 13.2 Å². The maximum Gasteiger partial charge on any atom is 0.259 e. The summed E-state index contributed by atoms with van der Waals surface area (Å²) in [5, 5.41) is 8.20. The second-order valence-corrected chi connectivity index (χ2v) is 5.07. The summed E-state index contributed by atoms with van der Waals surface area (Å²) < 4.78 is 24.8. The Morgan fingerprint density at radius 3 is 2.76 bits per heavy atom. The lowest BCUT2D eigenvalue weighted by atomic mass is 10.3. The third kappa shape index (κ3) is 5.38. The predicted octanol–water partition coefficient (Wildman–Crippen LogP) is -0.951. The van der Waals surface area contributed by atoms with Gasteiger partial charge in [0.15, 0.2) is 0 Å². The van der Waals surface area contributed by atoms with Crippen molar-refractivity contribution < 1.29 is 18.4 Å². The van der Waals surface area contributed by atoms with Crippen molar-refractivity contribution >= 4 is 15.9 Å². The summed E-state index contributed by atoms with van der Waals surface area (Å²) in [6.45, 7) is 0.151. The summed E-state index contributed by atoms with van der Waals surface area (Å²) in [5.41, 5.74) is 2.01. The maximum atomic E-state index is 11.3. The molecule has 0 saturated heterocycles. The number of nitrogens with one attached hydrogen (secondary N) is 2. The molecule has 0 spiro atoms. The Bertz CT molecular complexity index is 460. The molecule has 1 aromatic heterocycles. The van der Waals surface area contributed by atoms with Gasteiger partial charge in [-0.05, 0) is 12.1 Å². The van der Waals surface area contributed by atoms with Gasteiger partial charge in [0, 0.05) is 24.9 Å². The third-order valence-electron chi connectivity index (χ3n) is 1.88. The van der Waals surface area contributed by atoms with Crippen molar-refractivity contribution in [3.63, 3.8) is 0 Å². The smallest absolute Gasteiger partial charge is 0.259 e. The highest BCUT2D eigenvalue weighted by molar-refractivity contribution is 7.90. The van der Waals surface area contributed by atoms with Gasteiger partial charge in [-0.3, -0.25) is 15.0 Å². The number of rotatable bonds is 6. The van der Waals surface area contributed by atoms with Crippen LogP contribution in [0.4, 0.5) is 0 Å². The topological polar surface area (TPSA) is 108 Å². The van der Waals surface area contributed by atoms with Crippen molar-refractivity contribution in [2.24, 2.45) is 0 Å². The van der Waals surface area contributed by atoms with E-state index in [1.54, 1.807) is 24.4 Å². The van der Waals surface area contributed by atoms with E-state index >= 15 is 0 Å². The number of sulfonamides is 1. The first-order valence-corrected chi connectivity index (χ1v) is 6.49. The summed E-state index contributed by atoms with van der Waals surface area (Å²) in [5.74, 6) is -1.78. The Kier molecular flexibility index (Phi) is 5.01. The van der Waals surface area contributed by atoms with Crippen LogP contribution < -0.4 is 10.2 Å². The number of carbonyl (C=O) groups is 1. The summed E-state index contributed by atoms with van der Waals surface area (Å²) in [6.07, 6.45) is 2.05. The molecule has 0 fully saturated rings. The Hall–Kier alpha value is -1.51. The lowest BCUT2D eigenvalue weighted by molar-refractivity contribution is -0.126.